The number of hydrogen-bond donors (Lipinski definition) is 1. The fourth-order valence-electron chi connectivity index (χ4n) is 1.50. The minimum Gasteiger partial charge on any atom is -0.335 e. The van der Waals surface area contributed by atoms with E-state index in [1.54, 1.807) is 0 Å². The minimum absolute atomic E-state index is 0.135. The second kappa shape index (κ2) is 3.54. The smallest absolute Gasteiger partial charge is 0.317 e. The molecule has 2 rings (SSSR count). The van der Waals surface area contributed by atoms with Gasteiger partial charge in [-0.25, -0.2) is 4.79 Å². The van der Waals surface area contributed by atoms with Crippen molar-refractivity contribution in [1.29, 1.82) is 0 Å². The van der Waals surface area contributed by atoms with Gasteiger partial charge in [-0.1, -0.05) is 0 Å². The Hall–Kier alpha value is -0.770. The molecule has 4 nitrogen and oxygen atoms in total. The lowest BCUT2D eigenvalue weighted by molar-refractivity contribution is 0.154. The zero-order chi connectivity index (χ0) is 9.26. The monoisotopic (exact) mass is 183 g/mol. The minimum atomic E-state index is 0.135. The van der Waals surface area contributed by atoms with Crippen LogP contribution in [0.3, 0.4) is 0 Å². The van der Waals surface area contributed by atoms with Gasteiger partial charge in [0.15, 0.2) is 0 Å². The Bertz CT molecular complexity index is 195. The molecular weight excluding hydrogens is 166 g/mol. The Balaban J connectivity index is 1.75. The van der Waals surface area contributed by atoms with Gasteiger partial charge in [-0.05, 0) is 19.9 Å². The molecule has 0 aromatic rings. The molecule has 0 aromatic heterocycles. The lowest BCUT2D eigenvalue weighted by atomic mass is 10.3. The normalized spacial score (nSPS) is 24.5. The number of amides is 2. The number of hydrogen-bond acceptors (Lipinski definition) is 2. The maximum absolute atomic E-state index is 11.6. The van der Waals surface area contributed by atoms with Crippen LogP contribution in [0.25, 0.3) is 0 Å². The molecule has 1 heterocycles. The van der Waals surface area contributed by atoms with Gasteiger partial charge in [0.2, 0.25) is 0 Å². The summed E-state index contributed by atoms with van der Waals surface area (Å²) >= 11 is 0. The van der Waals surface area contributed by atoms with E-state index in [0.717, 1.165) is 26.2 Å². The third kappa shape index (κ3) is 2.34. The first-order chi connectivity index (χ1) is 6.25. The quantitative estimate of drug-likeness (QED) is 0.626. The second-order valence-corrected chi connectivity index (χ2v) is 4.01. The standard InChI is InChI=1S/C9H17N3O/c1-11-4-6-12(7-5-11)9(13)10-8-2-3-8/h8H,2-7H2,1H3,(H,10,13). The van der Waals surface area contributed by atoms with Crippen molar-refractivity contribution < 1.29 is 4.79 Å². The topological polar surface area (TPSA) is 35.6 Å². The van der Waals surface area contributed by atoms with Crippen molar-refractivity contribution >= 4 is 6.03 Å². The van der Waals surface area contributed by atoms with Gasteiger partial charge in [-0.3, -0.25) is 0 Å². The lowest BCUT2D eigenvalue weighted by Crippen LogP contribution is -2.51. The van der Waals surface area contributed by atoms with Crippen LogP contribution in [0.5, 0.6) is 0 Å². The molecule has 2 aliphatic rings. The van der Waals surface area contributed by atoms with E-state index in [2.05, 4.69) is 17.3 Å². The Kier molecular flexibility index (Phi) is 2.40. The van der Waals surface area contributed by atoms with Crippen molar-refractivity contribution in [2.45, 2.75) is 18.9 Å². The third-order valence-corrected chi connectivity index (χ3v) is 2.70. The molecule has 0 radical (unpaired) electrons. The Morgan fingerprint density at radius 3 is 2.38 bits per heavy atom. The summed E-state index contributed by atoms with van der Waals surface area (Å²) in [5.74, 6) is 0. The van der Waals surface area contributed by atoms with Crippen LogP contribution in [-0.2, 0) is 0 Å². The number of nitrogens with one attached hydrogen (secondary N) is 1. The van der Waals surface area contributed by atoms with E-state index < -0.39 is 0 Å². The van der Waals surface area contributed by atoms with E-state index in [1.807, 2.05) is 4.90 Å². The summed E-state index contributed by atoms with van der Waals surface area (Å²) in [7, 11) is 2.09. The molecule has 0 atom stereocenters. The molecule has 1 aliphatic carbocycles. The molecule has 1 saturated heterocycles. The van der Waals surface area contributed by atoms with Crippen LogP contribution < -0.4 is 5.32 Å². The van der Waals surface area contributed by atoms with Gasteiger partial charge < -0.3 is 15.1 Å². The molecule has 2 fully saturated rings. The molecule has 1 saturated carbocycles. The number of carbonyl (C=O) groups is 1. The molecule has 0 aromatic carbocycles. The first-order valence-corrected chi connectivity index (χ1v) is 5.00. The fourth-order valence-corrected chi connectivity index (χ4v) is 1.50. The van der Waals surface area contributed by atoms with Gasteiger partial charge in [0.1, 0.15) is 0 Å². The molecule has 2 amide bonds. The van der Waals surface area contributed by atoms with Gasteiger partial charge in [-0.2, -0.15) is 0 Å². The van der Waals surface area contributed by atoms with Gasteiger partial charge >= 0.3 is 6.03 Å². The van der Waals surface area contributed by atoms with Gasteiger partial charge in [0.05, 0.1) is 0 Å². The number of nitrogens with zero attached hydrogens (tertiary/aromatic N) is 2. The summed E-state index contributed by atoms with van der Waals surface area (Å²) in [5, 5.41) is 3.01. The van der Waals surface area contributed by atoms with Crippen LogP contribution in [0.4, 0.5) is 4.79 Å². The molecule has 74 valence electrons. The number of rotatable bonds is 1. The first kappa shape index (κ1) is 8.81. The molecule has 1 N–H and O–H groups in total. The second-order valence-electron chi connectivity index (χ2n) is 4.01. The molecule has 0 spiro atoms. The molecule has 13 heavy (non-hydrogen) atoms. The Morgan fingerprint density at radius 2 is 1.85 bits per heavy atom. The molecule has 0 unspecified atom stereocenters. The van der Waals surface area contributed by atoms with Gasteiger partial charge in [0.25, 0.3) is 0 Å². The van der Waals surface area contributed by atoms with Crippen LogP contribution >= 0.6 is 0 Å². The SMILES string of the molecule is CN1CCN(C(=O)NC2CC2)CC1. The Morgan fingerprint density at radius 1 is 1.23 bits per heavy atom. The third-order valence-electron chi connectivity index (χ3n) is 2.70. The zero-order valence-corrected chi connectivity index (χ0v) is 8.12. The summed E-state index contributed by atoms with van der Waals surface area (Å²) < 4.78 is 0. The summed E-state index contributed by atoms with van der Waals surface area (Å²) in [6, 6.07) is 0.614. The molecule has 1 aliphatic heterocycles. The van der Waals surface area contributed by atoms with E-state index in [9.17, 15) is 4.79 Å². The van der Waals surface area contributed by atoms with Crippen LogP contribution in [0.2, 0.25) is 0 Å². The summed E-state index contributed by atoms with van der Waals surface area (Å²) in [6.45, 7) is 3.74. The lowest BCUT2D eigenvalue weighted by Gasteiger charge is -2.32. The maximum atomic E-state index is 11.6. The number of carbonyl (C=O) groups excluding carboxylic acids is 1. The molecule has 0 bridgehead atoms. The zero-order valence-electron chi connectivity index (χ0n) is 8.12. The first-order valence-electron chi connectivity index (χ1n) is 5.00. The number of likely N-dealkylation sites (N-methyl/N-ethyl adjacent to an activating group) is 1. The van der Waals surface area contributed by atoms with E-state index in [0.29, 0.717) is 6.04 Å². The summed E-state index contributed by atoms with van der Waals surface area (Å²) in [4.78, 5) is 15.7. The fraction of sp³-hybridized carbons (Fsp3) is 0.889. The summed E-state index contributed by atoms with van der Waals surface area (Å²) in [6.07, 6.45) is 2.33. The van der Waals surface area contributed by atoms with Crippen LogP contribution in [0.15, 0.2) is 0 Å². The van der Waals surface area contributed by atoms with E-state index in [1.165, 1.54) is 12.8 Å². The van der Waals surface area contributed by atoms with E-state index >= 15 is 0 Å². The Labute approximate surface area is 78.9 Å². The molecular formula is C9H17N3O. The van der Waals surface area contributed by atoms with E-state index in [4.69, 9.17) is 0 Å². The van der Waals surface area contributed by atoms with Crippen molar-refractivity contribution in [3.63, 3.8) is 0 Å². The summed E-state index contributed by atoms with van der Waals surface area (Å²) in [5.41, 5.74) is 0. The average molecular weight is 183 g/mol. The van der Waals surface area contributed by atoms with Crippen molar-refractivity contribution in [3.05, 3.63) is 0 Å². The predicted molar refractivity (Wildman–Crippen MR) is 50.6 cm³/mol. The van der Waals surface area contributed by atoms with Gasteiger partial charge in [0, 0.05) is 32.2 Å². The highest BCUT2D eigenvalue weighted by Crippen LogP contribution is 2.19. The van der Waals surface area contributed by atoms with Crippen molar-refractivity contribution in [2.75, 3.05) is 33.2 Å². The predicted octanol–water partition coefficient (Wildman–Crippen LogP) is 0.106. The largest absolute Gasteiger partial charge is 0.335 e. The van der Waals surface area contributed by atoms with Crippen LogP contribution in [0.1, 0.15) is 12.8 Å². The number of piperazine rings is 1. The molecule has 4 heteroatoms. The average Bonchev–Trinajstić information content (AvgIpc) is 2.89. The van der Waals surface area contributed by atoms with E-state index in [-0.39, 0.29) is 6.03 Å². The van der Waals surface area contributed by atoms with Gasteiger partial charge in [-0.15, -0.1) is 0 Å². The maximum Gasteiger partial charge on any atom is 0.317 e. The highest BCUT2D eigenvalue weighted by Gasteiger charge is 2.26. The van der Waals surface area contributed by atoms with Crippen molar-refractivity contribution in [1.82, 2.24) is 15.1 Å². The highest BCUT2D eigenvalue weighted by atomic mass is 16.2. The highest BCUT2D eigenvalue weighted by molar-refractivity contribution is 5.75. The number of urea groups is 1. The van der Waals surface area contributed by atoms with Crippen molar-refractivity contribution in [3.8, 4) is 0 Å². The van der Waals surface area contributed by atoms with Crippen LogP contribution in [-0.4, -0.2) is 55.1 Å². The van der Waals surface area contributed by atoms with Crippen LogP contribution in [0, 0.1) is 0 Å². The van der Waals surface area contributed by atoms with Crippen molar-refractivity contribution in [2.24, 2.45) is 0 Å².